The molecule has 19 heavy (non-hydrogen) atoms. The molecule has 0 spiro atoms. The normalized spacial score (nSPS) is 27.2. The molecular formula is C18H27N. The summed E-state index contributed by atoms with van der Waals surface area (Å²) in [4.78, 5) is 0. The van der Waals surface area contributed by atoms with E-state index in [-0.39, 0.29) is 0 Å². The van der Waals surface area contributed by atoms with E-state index in [1.165, 1.54) is 45.1 Å². The third kappa shape index (κ3) is 3.60. The first-order valence-corrected chi connectivity index (χ1v) is 8.16. The summed E-state index contributed by atoms with van der Waals surface area (Å²) >= 11 is 0. The van der Waals surface area contributed by atoms with Crippen LogP contribution in [0.5, 0.6) is 0 Å². The minimum absolute atomic E-state index is 0.817. The number of nitrogens with one attached hydrogen (secondary N) is 1. The predicted octanol–water partition coefficient (Wildman–Crippen LogP) is 4.35. The maximum atomic E-state index is 3.77. The van der Waals surface area contributed by atoms with E-state index in [4.69, 9.17) is 0 Å². The molecule has 2 aliphatic rings. The van der Waals surface area contributed by atoms with Crippen molar-refractivity contribution in [3.05, 3.63) is 35.9 Å². The van der Waals surface area contributed by atoms with Crippen molar-refractivity contribution < 1.29 is 0 Å². The molecule has 1 N–H and O–H groups in total. The molecule has 2 fully saturated rings. The summed E-state index contributed by atoms with van der Waals surface area (Å²) in [6, 6.07) is 11.9. The smallest absolute Gasteiger partial charge is 0.00954 e. The van der Waals surface area contributed by atoms with Crippen LogP contribution in [0.4, 0.5) is 0 Å². The molecule has 0 aliphatic heterocycles. The van der Waals surface area contributed by atoms with Crippen molar-refractivity contribution in [2.24, 2.45) is 11.8 Å². The van der Waals surface area contributed by atoms with Crippen LogP contribution in [0.25, 0.3) is 0 Å². The Bertz CT molecular complexity index is 382. The van der Waals surface area contributed by atoms with E-state index in [0.29, 0.717) is 0 Å². The highest BCUT2D eigenvalue weighted by atomic mass is 14.9. The Labute approximate surface area is 117 Å². The monoisotopic (exact) mass is 257 g/mol. The largest absolute Gasteiger partial charge is 0.314 e. The summed E-state index contributed by atoms with van der Waals surface area (Å²) in [5.41, 5.74) is 1.57. The van der Waals surface area contributed by atoms with Gasteiger partial charge in [0.05, 0.1) is 0 Å². The summed E-state index contributed by atoms with van der Waals surface area (Å²) in [6.45, 7) is 3.47. The Morgan fingerprint density at radius 3 is 2.68 bits per heavy atom. The van der Waals surface area contributed by atoms with Crippen molar-refractivity contribution >= 4 is 0 Å². The molecular weight excluding hydrogens is 230 g/mol. The van der Waals surface area contributed by atoms with Crippen molar-refractivity contribution in [1.82, 2.24) is 5.32 Å². The van der Waals surface area contributed by atoms with Crippen molar-refractivity contribution in [3.8, 4) is 0 Å². The highest BCUT2D eigenvalue weighted by molar-refractivity contribution is 5.25. The molecule has 0 heterocycles. The number of benzene rings is 1. The number of hydrogen-bond acceptors (Lipinski definition) is 1. The molecule has 0 aromatic heterocycles. The van der Waals surface area contributed by atoms with Gasteiger partial charge in [0.2, 0.25) is 0 Å². The quantitative estimate of drug-likeness (QED) is 0.730. The summed E-state index contributed by atoms with van der Waals surface area (Å²) < 4.78 is 0. The lowest BCUT2D eigenvalue weighted by Gasteiger charge is -2.17. The fourth-order valence-corrected chi connectivity index (χ4v) is 3.40. The second-order valence-corrected chi connectivity index (χ2v) is 6.49. The van der Waals surface area contributed by atoms with Gasteiger partial charge in [-0.2, -0.15) is 0 Å². The fourth-order valence-electron chi connectivity index (χ4n) is 3.40. The number of hydrogen-bond donors (Lipinski definition) is 1. The van der Waals surface area contributed by atoms with Gasteiger partial charge in [-0.1, -0.05) is 37.3 Å². The molecule has 1 nitrogen and oxygen atoms in total. The van der Waals surface area contributed by atoms with E-state index in [1.54, 1.807) is 5.56 Å². The average Bonchev–Trinajstić information content (AvgIpc) is 3.34. The molecule has 3 rings (SSSR count). The molecule has 2 saturated carbocycles. The Morgan fingerprint density at radius 1 is 1.21 bits per heavy atom. The fraction of sp³-hybridized carbons (Fsp3) is 0.667. The molecule has 1 heteroatoms. The summed E-state index contributed by atoms with van der Waals surface area (Å²) in [5, 5.41) is 3.77. The Balaban J connectivity index is 1.43. The highest BCUT2D eigenvalue weighted by Gasteiger charge is 2.39. The second kappa shape index (κ2) is 6.09. The number of rotatable bonds is 8. The molecule has 3 unspecified atom stereocenters. The van der Waals surface area contributed by atoms with Crippen LogP contribution in [0.1, 0.15) is 56.9 Å². The van der Waals surface area contributed by atoms with Crippen LogP contribution in [0.15, 0.2) is 30.3 Å². The molecule has 0 amide bonds. The van der Waals surface area contributed by atoms with E-state index >= 15 is 0 Å². The Kier molecular flexibility index (Phi) is 4.22. The molecule has 2 aliphatic carbocycles. The van der Waals surface area contributed by atoms with E-state index in [1.807, 2.05) is 0 Å². The maximum absolute atomic E-state index is 3.77. The van der Waals surface area contributed by atoms with Crippen LogP contribution in [0, 0.1) is 11.8 Å². The minimum Gasteiger partial charge on any atom is -0.314 e. The zero-order chi connectivity index (χ0) is 13.1. The van der Waals surface area contributed by atoms with Crippen molar-refractivity contribution in [2.75, 3.05) is 6.54 Å². The molecule has 1 aromatic carbocycles. The third-order valence-electron chi connectivity index (χ3n) is 4.85. The van der Waals surface area contributed by atoms with Gasteiger partial charge in [0.1, 0.15) is 0 Å². The second-order valence-electron chi connectivity index (χ2n) is 6.49. The van der Waals surface area contributed by atoms with Gasteiger partial charge in [-0.05, 0) is 68.4 Å². The van der Waals surface area contributed by atoms with Gasteiger partial charge in [0, 0.05) is 6.04 Å². The first-order valence-electron chi connectivity index (χ1n) is 8.16. The Morgan fingerprint density at radius 2 is 2.00 bits per heavy atom. The third-order valence-corrected chi connectivity index (χ3v) is 4.85. The van der Waals surface area contributed by atoms with Gasteiger partial charge in [-0.15, -0.1) is 0 Å². The van der Waals surface area contributed by atoms with Crippen molar-refractivity contribution in [2.45, 2.75) is 57.4 Å². The summed E-state index contributed by atoms with van der Waals surface area (Å²) in [6.07, 6.45) is 8.45. The zero-order valence-corrected chi connectivity index (χ0v) is 12.1. The van der Waals surface area contributed by atoms with Crippen molar-refractivity contribution in [3.63, 3.8) is 0 Å². The maximum Gasteiger partial charge on any atom is 0.00954 e. The molecule has 0 radical (unpaired) electrons. The standard InChI is InChI=1S/C18H27N/c1-2-12-19-18(15-8-9-15)11-10-16-13-17(16)14-6-4-3-5-7-14/h3-7,15-19H,2,8-13H2,1H3. The van der Waals surface area contributed by atoms with Crippen molar-refractivity contribution in [1.29, 1.82) is 0 Å². The lowest BCUT2D eigenvalue weighted by Crippen LogP contribution is -2.31. The van der Waals surface area contributed by atoms with E-state index in [0.717, 1.165) is 23.8 Å². The van der Waals surface area contributed by atoms with Gasteiger partial charge in [-0.25, -0.2) is 0 Å². The van der Waals surface area contributed by atoms with Crippen LogP contribution < -0.4 is 5.32 Å². The van der Waals surface area contributed by atoms with Gasteiger partial charge >= 0.3 is 0 Å². The lowest BCUT2D eigenvalue weighted by atomic mass is 10.0. The first kappa shape index (κ1) is 13.2. The van der Waals surface area contributed by atoms with Crippen LogP contribution in [-0.2, 0) is 0 Å². The predicted molar refractivity (Wildman–Crippen MR) is 81.3 cm³/mol. The van der Waals surface area contributed by atoms with E-state index in [2.05, 4.69) is 42.6 Å². The van der Waals surface area contributed by atoms with Gasteiger partial charge in [0.15, 0.2) is 0 Å². The highest BCUT2D eigenvalue weighted by Crippen LogP contribution is 2.50. The van der Waals surface area contributed by atoms with E-state index < -0.39 is 0 Å². The van der Waals surface area contributed by atoms with E-state index in [9.17, 15) is 0 Å². The average molecular weight is 257 g/mol. The molecule has 104 valence electrons. The SMILES string of the molecule is CCCNC(CCC1CC1c1ccccc1)C1CC1. The first-order chi connectivity index (χ1) is 9.38. The summed E-state index contributed by atoms with van der Waals surface area (Å²) in [7, 11) is 0. The molecule has 3 atom stereocenters. The summed E-state index contributed by atoms with van der Waals surface area (Å²) in [5.74, 6) is 2.83. The zero-order valence-electron chi connectivity index (χ0n) is 12.1. The molecule has 1 aromatic rings. The molecule has 0 bridgehead atoms. The Hall–Kier alpha value is -0.820. The van der Waals surface area contributed by atoms with Crippen LogP contribution >= 0.6 is 0 Å². The van der Waals surface area contributed by atoms with Gasteiger partial charge in [-0.3, -0.25) is 0 Å². The van der Waals surface area contributed by atoms with Gasteiger partial charge < -0.3 is 5.32 Å². The van der Waals surface area contributed by atoms with Gasteiger partial charge in [0.25, 0.3) is 0 Å². The molecule has 0 saturated heterocycles. The lowest BCUT2D eigenvalue weighted by molar-refractivity contribution is 0.413. The van der Waals surface area contributed by atoms with Crippen LogP contribution in [0.3, 0.4) is 0 Å². The topological polar surface area (TPSA) is 12.0 Å². The van der Waals surface area contributed by atoms with Crippen LogP contribution in [0.2, 0.25) is 0 Å². The minimum atomic E-state index is 0.817. The van der Waals surface area contributed by atoms with Crippen LogP contribution in [-0.4, -0.2) is 12.6 Å².